The molecule has 0 atom stereocenters. The topological polar surface area (TPSA) is 42.1 Å². The molecule has 13 heavy (non-hydrogen) atoms. The van der Waals surface area contributed by atoms with E-state index in [0.29, 0.717) is 0 Å². The van der Waals surface area contributed by atoms with Crippen LogP contribution in [0, 0.1) is 6.92 Å². The first-order chi connectivity index (χ1) is 6.06. The maximum atomic E-state index is 12.3. The van der Waals surface area contributed by atoms with Gasteiger partial charge in [0, 0.05) is 17.2 Å². The van der Waals surface area contributed by atoms with Gasteiger partial charge >= 0.3 is 0 Å². The zero-order chi connectivity index (χ0) is 10.0. The zero-order valence-electron chi connectivity index (χ0n) is 7.23. The molecular formula is C8H9F2NO2. The number of nitrogens with one attached hydrogen (secondary N) is 1. The molecule has 0 radical (unpaired) electrons. The fraction of sp³-hybridized carbons (Fsp3) is 0.375. The number of pyridine rings is 1. The predicted octanol–water partition coefficient (Wildman–Crippen LogP) is 1.63. The summed E-state index contributed by atoms with van der Waals surface area (Å²) in [6.07, 6.45) is -2.66. The van der Waals surface area contributed by atoms with Crippen LogP contribution in [0.15, 0.2) is 10.9 Å². The van der Waals surface area contributed by atoms with E-state index in [4.69, 9.17) is 4.74 Å². The van der Waals surface area contributed by atoms with E-state index < -0.39 is 12.0 Å². The number of methoxy groups -OCH3 is 1. The lowest BCUT2D eigenvalue weighted by atomic mass is 10.1. The van der Waals surface area contributed by atoms with E-state index in [1.165, 1.54) is 14.0 Å². The summed E-state index contributed by atoms with van der Waals surface area (Å²) in [7, 11) is 1.31. The number of H-pyrrole nitrogens is 1. The van der Waals surface area contributed by atoms with Crippen molar-refractivity contribution in [3.63, 3.8) is 0 Å². The standard InChI is InChI=1S/C8H9F2NO2/c1-4-5(7(9)10)3-6(12)11-8(4)13-2/h3,7H,1-2H3,(H,11,12). The van der Waals surface area contributed by atoms with Gasteiger partial charge in [0.25, 0.3) is 12.0 Å². The van der Waals surface area contributed by atoms with Crippen molar-refractivity contribution in [2.75, 3.05) is 7.11 Å². The Labute approximate surface area is 73.4 Å². The fourth-order valence-electron chi connectivity index (χ4n) is 1.05. The maximum absolute atomic E-state index is 12.3. The zero-order valence-corrected chi connectivity index (χ0v) is 7.23. The summed E-state index contributed by atoms with van der Waals surface area (Å²) in [5.41, 5.74) is -0.615. The Bertz CT molecular complexity index is 360. The first-order valence-corrected chi connectivity index (χ1v) is 3.62. The summed E-state index contributed by atoms with van der Waals surface area (Å²) >= 11 is 0. The smallest absolute Gasteiger partial charge is 0.264 e. The average molecular weight is 189 g/mol. The molecule has 0 saturated heterocycles. The van der Waals surface area contributed by atoms with E-state index in [1.54, 1.807) is 0 Å². The molecule has 0 unspecified atom stereocenters. The molecule has 0 bridgehead atoms. The molecule has 0 aromatic carbocycles. The average Bonchev–Trinajstić information content (AvgIpc) is 2.08. The third kappa shape index (κ3) is 1.85. The largest absolute Gasteiger partial charge is 0.482 e. The van der Waals surface area contributed by atoms with Gasteiger partial charge < -0.3 is 4.74 Å². The molecule has 0 fully saturated rings. The van der Waals surface area contributed by atoms with Gasteiger partial charge in [-0.1, -0.05) is 0 Å². The fourth-order valence-corrected chi connectivity index (χ4v) is 1.05. The van der Waals surface area contributed by atoms with Crippen LogP contribution < -0.4 is 10.3 Å². The SMILES string of the molecule is COc1[nH]c(=O)cc(C(F)F)c1C. The van der Waals surface area contributed by atoms with Crippen LogP contribution in [-0.4, -0.2) is 12.1 Å². The molecule has 0 aliphatic rings. The highest BCUT2D eigenvalue weighted by atomic mass is 19.3. The normalized spacial score (nSPS) is 10.5. The van der Waals surface area contributed by atoms with Crippen LogP contribution in [0.25, 0.3) is 0 Å². The second-order valence-corrected chi connectivity index (χ2v) is 2.55. The summed E-state index contributed by atoms with van der Waals surface area (Å²) in [5, 5.41) is 0. The molecule has 0 amide bonds. The van der Waals surface area contributed by atoms with Gasteiger partial charge in [-0.05, 0) is 6.92 Å². The highest BCUT2D eigenvalue weighted by molar-refractivity contribution is 5.33. The summed E-state index contributed by atoms with van der Waals surface area (Å²) in [6.45, 7) is 1.47. The van der Waals surface area contributed by atoms with Gasteiger partial charge in [0.1, 0.15) is 0 Å². The minimum Gasteiger partial charge on any atom is -0.482 e. The molecule has 1 N–H and O–H groups in total. The van der Waals surface area contributed by atoms with Crippen LogP contribution in [-0.2, 0) is 0 Å². The van der Waals surface area contributed by atoms with Crippen LogP contribution in [0.1, 0.15) is 17.6 Å². The molecule has 1 aromatic rings. The maximum Gasteiger partial charge on any atom is 0.264 e. The lowest BCUT2D eigenvalue weighted by Crippen LogP contribution is -2.10. The van der Waals surface area contributed by atoms with Crippen LogP contribution in [0.5, 0.6) is 5.88 Å². The molecule has 3 nitrogen and oxygen atoms in total. The van der Waals surface area contributed by atoms with Gasteiger partial charge in [-0.2, -0.15) is 0 Å². The second kappa shape index (κ2) is 3.55. The van der Waals surface area contributed by atoms with Gasteiger partial charge in [0.15, 0.2) is 5.88 Å². The lowest BCUT2D eigenvalue weighted by Gasteiger charge is -2.07. The molecule has 0 saturated carbocycles. The summed E-state index contributed by atoms with van der Waals surface area (Å²) < 4.78 is 29.4. The second-order valence-electron chi connectivity index (χ2n) is 2.55. The van der Waals surface area contributed by atoms with E-state index >= 15 is 0 Å². The van der Waals surface area contributed by atoms with Crippen molar-refractivity contribution in [2.45, 2.75) is 13.3 Å². The van der Waals surface area contributed by atoms with Crippen LogP contribution >= 0.6 is 0 Å². The van der Waals surface area contributed by atoms with Gasteiger partial charge in [0.2, 0.25) is 0 Å². The van der Waals surface area contributed by atoms with E-state index in [1.807, 2.05) is 0 Å². The predicted molar refractivity (Wildman–Crippen MR) is 43.3 cm³/mol. The van der Waals surface area contributed by atoms with E-state index in [2.05, 4.69) is 4.98 Å². The summed E-state index contributed by atoms with van der Waals surface area (Å²) in [5.74, 6) is 0.0859. The van der Waals surface area contributed by atoms with E-state index in [-0.39, 0.29) is 17.0 Å². The molecule has 0 spiro atoms. The van der Waals surface area contributed by atoms with Crippen molar-refractivity contribution in [1.82, 2.24) is 4.98 Å². The number of aromatic amines is 1. The number of hydrogen-bond acceptors (Lipinski definition) is 2. The Morgan fingerprint density at radius 1 is 1.54 bits per heavy atom. The third-order valence-corrected chi connectivity index (χ3v) is 1.74. The summed E-state index contributed by atoms with van der Waals surface area (Å²) in [6, 6.07) is 0.878. The van der Waals surface area contributed by atoms with Crippen molar-refractivity contribution in [2.24, 2.45) is 0 Å². The lowest BCUT2D eigenvalue weighted by molar-refractivity contribution is 0.149. The molecule has 0 aliphatic heterocycles. The Kier molecular flexibility index (Phi) is 2.65. The van der Waals surface area contributed by atoms with Gasteiger partial charge in [-0.3, -0.25) is 9.78 Å². The Balaban J connectivity index is 3.36. The monoisotopic (exact) mass is 189 g/mol. The number of aromatic nitrogens is 1. The van der Waals surface area contributed by atoms with Crippen molar-refractivity contribution < 1.29 is 13.5 Å². The quantitative estimate of drug-likeness (QED) is 0.768. The number of rotatable bonds is 2. The minimum atomic E-state index is -2.66. The Morgan fingerprint density at radius 2 is 2.15 bits per heavy atom. The molecule has 1 rings (SSSR count). The van der Waals surface area contributed by atoms with Gasteiger partial charge in [0.05, 0.1) is 7.11 Å². The van der Waals surface area contributed by atoms with Crippen molar-refractivity contribution >= 4 is 0 Å². The van der Waals surface area contributed by atoms with Crippen molar-refractivity contribution in [3.8, 4) is 5.88 Å². The van der Waals surface area contributed by atoms with Crippen LogP contribution in [0.4, 0.5) is 8.78 Å². The number of alkyl halides is 2. The highest BCUT2D eigenvalue weighted by Gasteiger charge is 2.14. The molecule has 0 aliphatic carbocycles. The highest BCUT2D eigenvalue weighted by Crippen LogP contribution is 2.25. The molecule has 5 heteroatoms. The van der Waals surface area contributed by atoms with Gasteiger partial charge in [-0.25, -0.2) is 8.78 Å². The first-order valence-electron chi connectivity index (χ1n) is 3.62. The number of halogens is 2. The van der Waals surface area contributed by atoms with Crippen LogP contribution in [0.3, 0.4) is 0 Å². The van der Waals surface area contributed by atoms with E-state index in [0.717, 1.165) is 6.07 Å². The van der Waals surface area contributed by atoms with Crippen molar-refractivity contribution in [1.29, 1.82) is 0 Å². The van der Waals surface area contributed by atoms with E-state index in [9.17, 15) is 13.6 Å². The minimum absolute atomic E-state index is 0.0859. The molecule has 72 valence electrons. The first kappa shape index (κ1) is 9.70. The molecule has 1 aromatic heterocycles. The Morgan fingerprint density at radius 3 is 2.62 bits per heavy atom. The third-order valence-electron chi connectivity index (χ3n) is 1.74. The van der Waals surface area contributed by atoms with Crippen LogP contribution in [0.2, 0.25) is 0 Å². The molecule has 1 heterocycles. The molecular weight excluding hydrogens is 180 g/mol. The van der Waals surface area contributed by atoms with Crippen molar-refractivity contribution in [3.05, 3.63) is 27.5 Å². The Hall–Kier alpha value is -1.39. The summed E-state index contributed by atoms with van der Waals surface area (Å²) in [4.78, 5) is 13.2. The number of ether oxygens (including phenoxy) is 1. The number of hydrogen-bond donors (Lipinski definition) is 1. The van der Waals surface area contributed by atoms with Gasteiger partial charge in [-0.15, -0.1) is 0 Å².